The first-order chi connectivity index (χ1) is 8.26. The van der Waals surface area contributed by atoms with E-state index in [0.717, 1.165) is 32.2 Å². The van der Waals surface area contributed by atoms with Crippen molar-refractivity contribution in [2.24, 2.45) is 5.84 Å². The fourth-order valence-electron chi connectivity index (χ4n) is 1.81. The van der Waals surface area contributed by atoms with Gasteiger partial charge in [-0.25, -0.2) is 15.2 Å². The molecule has 6 heteroatoms. The summed E-state index contributed by atoms with van der Waals surface area (Å²) in [6, 6.07) is 0.427. The SMILES string of the molecule is CCCCN(c1nc(NN)ncc1F)C1CC1. The van der Waals surface area contributed by atoms with Gasteiger partial charge in [-0.15, -0.1) is 0 Å². The summed E-state index contributed by atoms with van der Waals surface area (Å²) in [4.78, 5) is 9.89. The molecule has 0 amide bonds. The molecule has 0 unspecified atom stereocenters. The van der Waals surface area contributed by atoms with E-state index in [-0.39, 0.29) is 11.8 Å². The Balaban J connectivity index is 2.21. The van der Waals surface area contributed by atoms with Crippen molar-refractivity contribution in [2.45, 2.75) is 38.6 Å². The van der Waals surface area contributed by atoms with Crippen LogP contribution in [0.4, 0.5) is 16.2 Å². The second-order valence-corrected chi connectivity index (χ2v) is 4.29. The summed E-state index contributed by atoms with van der Waals surface area (Å²) in [5.41, 5.74) is 2.35. The van der Waals surface area contributed by atoms with E-state index in [1.807, 2.05) is 4.90 Å². The lowest BCUT2D eigenvalue weighted by Gasteiger charge is -2.23. The van der Waals surface area contributed by atoms with Crippen LogP contribution in [0.25, 0.3) is 0 Å². The molecule has 1 aliphatic rings. The standard InChI is InChI=1S/C11H18FN5/c1-2-3-6-17(8-4-5-8)10-9(12)7-14-11(15-10)16-13/h7-8H,2-6,13H2,1H3,(H,14,15,16). The lowest BCUT2D eigenvalue weighted by molar-refractivity contribution is 0.594. The molecular weight excluding hydrogens is 221 g/mol. The minimum absolute atomic E-state index is 0.253. The molecule has 94 valence electrons. The van der Waals surface area contributed by atoms with Crippen molar-refractivity contribution >= 4 is 11.8 Å². The Morgan fingerprint density at radius 3 is 2.94 bits per heavy atom. The van der Waals surface area contributed by atoms with E-state index in [2.05, 4.69) is 22.3 Å². The van der Waals surface area contributed by atoms with Crippen molar-refractivity contribution in [1.29, 1.82) is 0 Å². The van der Waals surface area contributed by atoms with Crippen molar-refractivity contribution in [2.75, 3.05) is 16.9 Å². The third kappa shape index (κ3) is 2.82. The highest BCUT2D eigenvalue weighted by Crippen LogP contribution is 2.32. The number of hydrogen-bond donors (Lipinski definition) is 2. The van der Waals surface area contributed by atoms with Crippen molar-refractivity contribution < 1.29 is 4.39 Å². The highest BCUT2D eigenvalue weighted by atomic mass is 19.1. The maximum Gasteiger partial charge on any atom is 0.239 e. The number of anilines is 2. The Labute approximate surface area is 100 Å². The zero-order valence-electron chi connectivity index (χ0n) is 9.99. The number of aromatic nitrogens is 2. The average Bonchev–Trinajstić information content (AvgIpc) is 3.16. The van der Waals surface area contributed by atoms with E-state index in [9.17, 15) is 4.39 Å². The average molecular weight is 239 g/mol. The number of nitrogens with zero attached hydrogens (tertiary/aromatic N) is 3. The molecule has 1 aromatic rings. The van der Waals surface area contributed by atoms with Crippen molar-refractivity contribution in [3.8, 4) is 0 Å². The van der Waals surface area contributed by atoms with Crippen LogP contribution in [0.3, 0.4) is 0 Å². The molecule has 0 saturated heterocycles. The zero-order chi connectivity index (χ0) is 12.3. The summed E-state index contributed by atoms with van der Waals surface area (Å²) in [7, 11) is 0. The predicted molar refractivity (Wildman–Crippen MR) is 65.1 cm³/mol. The molecule has 17 heavy (non-hydrogen) atoms. The number of nitrogen functional groups attached to an aromatic ring is 1. The summed E-state index contributed by atoms with van der Waals surface area (Å²) in [5.74, 6) is 5.48. The van der Waals surface area contributed by atoms with Crippen LogP contribution in [-0.2, 0) is 0 Å². The molecule has 0 bridgehead atoms. The van der Waals surface area contributed by atoms with Gasteiger partial charge < -0.3 is 4.90 Å². The van der Waals surface area contributed by atoms with Crippen molar-refractivity contribution in [3.63, 3.8) is 0 Å². The second kappa shape index (κ2) is 5.27. The Morgan fingerprint density at radius 2 is 2.35 bits per heavy atom. The van der Waals surface area contributed by atoms with Crippen LogP contribution >= 0.6 is 0 Å². The predicted octanol–water partition coefficient (Wildman–Crippen LogP) is 1.67. The van der Waals surface area contributed by atoms with Crippen LogP contribution in [0.1, 0.15) is 32.6 Å². The summed E-state index contributed by atoms with van der Waals surface area (Å²) in [5, 5.41) is 0. The number of rotatable bonds is 6. The quantitative estimate of drug-likeness (QED) is 0.584. The third-order valence-electron chi connectivity index (χ3n) is 2.87. The number of nitrogens with two attached hydrogens (primary N) is 1. The Kier molecular flexibility index (Phi) is 3.73. The van der Waals surface area contributed by atoms with E-state index in [0.29, 0.717) is 11.9 Å². The van der Waals surface area contributed by atoms with E-state index in [4.69, 9.17) is 5.84 Å². The summed E-state index contributed by atoms with van der Waals surface area (Å²) in [6.45, 7) is 2.95. The van der Waals surface area contributed by atoms with E-state index >= 15 is 0 Å². The lowest BCUT2D eigenvalue weighted by atomic mass is 10.3. The first-order valence-corrected chi connectivity index (χ1v) is 6.02. The number of unbranched alkanes of at least 4 members (excludes halogenated alkanes) is 1. The van der Waals surface area contributed by atoms with Crippen LogP contribution in [0.15, 0.2) is 6.20 Å². The molecule has 1 saturated carbocycles. The molecule has 2 rings (SSSR count). The monoisotopic (exact) mass is 239 g/mol. The molecule has 0 spiro atoms. The van der Waals surface area contributed by atoms with Gasteiger partial charge in [-0.05, 0) is 19.3 Å². The number of hydrazine groups is 1. The largest absolute Gasteiger partial charge is 0.351 e. The van der Waals surface area contributed by atoms with Gasteiger partial charge in [0.15, 0.2) is 11.6 Å². The van der Waals surface area contributed by atoms with Gasteiger partial charge in [-0.1, -0.05) is 13.3 Å². The zero-order valence-corrected chi connectivity index (χ0v) is 9.99. The fourth-order valence-corrected chi connectivity index (χ4v) is 1.81. The van der Waals surface area contributed by atoms with E-state index in [1.165, 1.54) is 6.20 Å². The number of halogens is 1. The smallest absolute Gasteiger partial charge is 0.239 e. The minimum Gasteiger partial charge on any atom is -0.351 e. The summed E-state index contributed by atoms with van der Waals surface area (Å²) in [6.07, 6.45) is 5.50. The lowest BCUT2D eigenvalue weighted by Crippen LogP contribution is -2.29. The molecular formula is C11H18FN5. The number of hydrogen-bond acceptors (Lipinski definition) is 5. The molecule has 0 atom stereocenters. The van der Waals surface area contributed by atoms with Gasteiger partial charge in [0.2, 0.25) is 5.95 Å². The normalized spacial score (nSPS) is 14.8. The Morgan fingerprint density at radius 1 is 1.59 bits per heavy atom. The molecule has 1 aliphatic carbocycles. The molecule has 0 radical (unpaired) electrons. The van der Waals surface area contributed by atoms with Crippen LogP contribution < -0.4 is 16.2 Å². The molecule has 1 heterocycles. The van der Waals surface area contributed by atoms with E-state index in [1.54, 1.807) is 0 Å². The van der Waals surface area contributed by atoms with E-state index < -0.39 is 0 Å². The first kappa shape index (κ1) is 12.0. The van der Waals surface area contributed by atoms with Crippen LogP contribution in [-0.4, -0.2) is 22.6 Å². The molecule has 0 aromatic carbocycles. The molecule has 1 fully saturated rings. The van der Waals surface area contributed by atoms with Gasteiger partial charge in [-0.2, -0.15) is 4.98 Å². The third-order valence-corrected chi connectivity index (χ3v) is 2.87. The molecule has 0 aliphatic heterocycles. The van der Waals surface area contributed by atoms with Crippen LogP contribution in [0.2, 0.25) is 0 Å². The van der Waals surface area contributed by atoms with Gasteiger partial charge in [0, 0.05) is 12.6 Å². The van der Waals surface area contributed by atoms with Gasteiger partial charge in [0.1, 0.15) is 0 Å². The maximum atomic E-state index is 13.7. The summed E-state index contributed by atoms with van der Waals surface area (Å²) < 4.78 is 13.7. The molecule has 5 nitrogen and oxygen atoms in total. The van der Waals surface area contributed by atoms with Crippen molar-refractivity contribution in [1.82, 2.24) is 9.97 Å². The fraction of sp³-hybridized carbons (Fsp3) is 0.636. The first-order valence-electron chi connectivity index (χ1n) is 6.02. The van der Waals surface area contributed by atoms with Crippen LogP contribution in [0.5, 0.6) is 0 Å². The Bertz CT molecular complexity index is 380. The molecule has 1 aromatic heterocycles. The van der Waals surface area contributed by atoms with Crippen molar-refractivity contribution in [3.05, 3.63) is 12.0 Å². The number of nitrogens with one attached hydrogen (secondary N) is 1. The highest BCUT2D eigenvalue weighted by molar-refractivity contribution is 5.45. The van der Waals surface area contributed by atoms with Gasteiger partial charge in [-0.3, -0.25) is 5.43 Å². The second-order valence-electron chi connectivity index (χ2n) is 4.29. The maximum absolute atomic E-state index is 13.7. The van der Waals surface area contributed by atoms with Gasteiger partial charge in [0.25, 0.3) is 0 Å². The Hall–Kier alpha value is -1.43. The van der Waals surface area contributed by atoms with Gasteiger partial charge in [0.05, 0.1) is 6.20 Å². The van der Waals surface area contributed by atoms with Crippen LogP contribution in [0, 0.1) is 5.82 Å². The highest BCUT2D eigenvalue weighted by Gasteiger charge is 2.31. The van der Waals surface area contributed by atoms with Gasteiger partial charge >= 0.3 is 0 Å². The summed E-state index contributed by atoms with van der Waals surface area (Å²) >= 11 is 0. The molecule has 3 N–H and O–H groups in total. The minimum atomic E-state index is -0.382. The topological polar surface area (TPSA) is 67.1 Å².